The summed E-state index contributed by atoms with van der Waals surface area (Å²) in [5.41, 5.74) is 2.29. The van der Waals surface area contributed by atoms with E-state index in [-0.39, 0.29) is 10.7 Å². The Balaban J connectivity index is 2.68. The normalized spacial score (nSPS) is 12.5. The minimum Gasteiger partial charge on any atom is -0.748 e. The molecule has 72 valence electrons. The van der Waals surface area contributed by atoms with E-state index >= 15 is 0 Å². The molecular weight excluding hydrogens is 221 g/mol. The molecule has 0 aromatic heterocycles. The monoisotopic (exact) mass is 224 g/mol. The maximum atomic E-state index is 12.6. The number of nitrogens with one attached hydrogen (secondary N) is 1. The van der Waals surface area contributed by atoms with E-state index in [4.69, 9.17) is 11.6 Å². The predicted molar refractivity (Wildman–Crippen MR) is 45.0 cm³/mol. The van der Waals surface area contributed by atoms with Crippen molar-refractivity contribution in [2.75, 3.05) is 5.48 Å². The van der Waals surface area contributed by atoms with Crippen LogP contribution in [0.5, 0.6) is 0 Å². The minimum atomic E-state index is -2.68. The molecule has 1 N–H and O–H groups in total. The lowest BCUT2D eigenvalue weighted by molar-refractivity contribution is 0.362. The molecule has 0 heterocycles. The highest BCUT2D eigenvalue weighted by Gasteiger charge is 1.99. The Labute approximate surface area is 81.1 Å². The first-order valence-corrected chi connectivity index (χ1v) is 4.45. The molecule has 13 heavy (non-hydrogen) atoms. The summed E-state index contributed by atoms with van der Waals surface area (Å²) in [7, 11) is 0. The van der Waals surface area contributed by atoms with Gasteiger partial charge in [0.15, 0.2) is 0 Å². The average Bonchev–Trinajstić information content (AvgIpc) is 2.07. The largest absolute Gasteiger partial charge is 0.748 e. The van der Waals surface area contributed by atoms with Gasteiger partial charge in [0, 0.05) is 0 Å². The van der Waals surface area contributed by atoms with Gasteiger partial charge in [0.05, 0.1) is 10.7 Å². The third kappa shape index (κ3) is 3.27. The zero-order valence-corrected chi connectivity index (χ0v) is 7.69. The highest BCUT2D eigenvalue weighted by molar-refractivity contribution is 7.74. The van der Waals surface area contributed by atoms with Crippen molar-refractivity contribution < 1.29 is 17.4 Å². The maximum absolute atomic E-state index is 12.6. The molecule has 0 amide bonds. The molecule has 0 saturated heterocycles. The Morgan fingerprint density at radius 3 is 2.85 bits per heavy atom. The lowest BCUT2D eigenvalue weighted by Gasteiger charge is -2.07. The first kappa shape index (κ1) is 10.4. The van der Waals surface area contributed by atoms with Gasteiger partial charge in [-0.2, -0.15) is 4.28 Å². The Morgan fingerprint density at radius 1 is 1.62 bits per heavy atom. The van der Waals surface area contributed by atoms with Gasteiger partial charge in [-0.1, -0.05) is 11.6 Å². The smallest absolute Gasteiger partial charge is 0.141 e. The van der Waals surface area contributed by atoms with Crippen LogP contribution in [-0.2, 0) is 15.6 Å². The quantitative estimate of drug-likeness (QED) is 0.626. The van der Waals surface area contributed by atoms with E-state index in [1.807, 2.05) is 5.48 Å². The molecule has 1 rings (SSSR count). The van der Waals surface area contributed by atoms with Crippen LogP contribution < -0.4 is 5.48 Å². The van der Waals surface area contributed by atoms with E-state index in [1.165, 1.54) is 12.1 Å². The summed E-state index contributed by atoms with van der Waals surface area (Å²) < 4.78 is 36.4. The van der Waals surface area contributed by atoms with Gasteiger partial charge in [0.25, 0.3) is 0 Å². The fourth-order valence-electron chi connectivity index (χ4n) is 0.642. The molecule has 0 fully saturated rings. The summed E-state index contributed by atoms with van der Waals surface area (Å²) in [6.07, 6.45) is 0. The number of benzene rings is 1. The first-order chi connectivity index (χ1) is 6.09. The summed E-state index contributed by atoms with van der Waals surface area (Å²) in [6.45, 7) is 0. The van der Waals surface area contributed by atoms with Crippen LogP contribution in [0.2, 0.25) is 5.02 Å². The number of halogens is 2. The second kappa shape index (κ2) is 4.52. The molecule has 0 spiro atoms. The molecule has 7 heteroatoms. The summed E-state index contributed by atoms with van der Waals surface area (Å²) in [6, 6.07) is 3.57. The van der Waals surface area contributed by atoms with Crippen molar-refractivity contribution in [3.8, 4) is 0 Å². The van der Waals surface area contributed by atoms with Crippen molar-refractivity contribution in [2.24, 2.45) is 0 Å². The van der Waals surface area contributed by atoms with Gasteiger partial charge >= 0.3 is 0 Å². The van der Waals surface area contributed by atoms with Crippen LogP contribution in [-0.4, -0.2) is 8.76 Å². The van der Waals surface area contributed by atoms with E-state index in [0.717, 1.165) is 6.07 Å². The summed E-state index contributed by atoms with van der Waals surface area (Å²) >= 11 is 2.73. The molecule has 0 bridgehead atoms. The average molecular weight is 225 g/mol. The summed E-state index contributed by atoms with van der Waals surface area (Å²) in [5.74, 6) is -0.588. The topological polar surface area (TPSA) is 61.4 Å². The van der Waals surface area contributed by atoms with Crippen molar-refractivity contribution in [3.05, 3.63) is 29.0 Å². The molecule has 0 aliphatic carbocycles. The Bertz CT molecular complexity index is 336. The Kier molecular flexibility index (Phi) is 3.61. The van der Waals surface area contributed by atoms with Crippen LogP contribution in [0.1, 0.15) is 0 Å². The van der Waals surface area contributed by atoms with Gasteiger partial charge in [0.2, 0.25) is 0 Å². The molecule has 0 aliphatic heterocycles. The van der Waals surface area contributed by atoms with E-state index in [0.29, 0.717) is 0 Å². The fraction of sp³-hybridized carbons (Fsp3) is 0. The number of rotatable bonds is 3. The third-order valence-electron chi connectivity index (χ3n) is 1.15. The number of anilines is 1. The van der Waals surface area contributed by atoms with E-state index in [1.54, 1.807) is 0 Å². The van der Waals surface area contributed by atoms with Crippen molar-refractivity contribution in [1.82, 2.24) is 0 Å². The third-order valence-corrected chi connectivity index (χ3v) is 1.66. The van der Waals surface area contributed by atoms with Crippen molar-refractivity contribution in [3.63, 3.8) is 0 Å². The van der Waals surface area contributed by atoms with Gasteiger partial charge in [-0.25, -0.2) is 8.60 Å². The summed E-state index contributed by atoms with van der Waals surface area (Å²) in [5, 5.41) is -0.120. The lowest BCUT2D eigenvalue weighted by Crippen LogP contribution is -2.03. The molecule has 1 atom stereocenters. The molecular formula is C6H4ClFNO3S-. The zero-order chi connectivity index (χ0) is 9.84. The SMILES string of the molecule is O=S([O-])ONc1ccc(F)c(Cl)c1. The van der Waals surface area contributed by atoms with Gasteiger partial charge in [-0.15, -0.1) is 0 Å². The van der Waals surface area contributed by atoms with Crippen LogP contribution in [0.25, 0.3) is 0 Å². The molecule has 0 aliphatic rings. The van der Waals surface area contributed by atoms with Crippen LogP contribution >= 0.6 is 11.6 Å². The highest BCUT2D eigenvalue weighted by atomic mass is 35.5. The second-order valence-corrected chi connectivity index (χ2v) is 3.00. The standard InChI is InChI=1S/C6H5ClFNO3S/c7-5-3-4(1-2-6(5)8)9-12-13(10)11/h1-3,9H,(H,10,11)/p-1. The highest BCUT2D eigenvalue weighted by Crippen LogP contribution is 2.19. The van der Waals surface area contributed by atoms with Crippen LogP contribution in [0.15, 0.2) is 18.2 Å². The second-order valence-electron chi connectivity index (χ2n) is 2.02. The first-order valence-electron chi connectivity index (χ1n) is 3.07. The van der Waals surface area contributed by atoms with E-state index in [2.05, 4.69) is 4.28 Å². The molecule has 0 saturated carbocycles. The Morgan fingerprint density at radius 2 is 2.31 bits per heavy atom. The maximum Gasteiger partial charge on any atom is 0.141 e. The zero-order valence-electron chi connectivity index (χ0n) is 6.12. The predicted octanol–water partition coefficient (Wildman–Crippen LogP) is 1.62. The van der Waals surface area contributed by atoms with Crippen LogP contribution in [0.4, 0.5) is 10.1 Å². The van der Waals surface area contributed by atoms with Crippen LogP contribution in [0, 0.1) is 5.82 Å². The Hall–Kier alpha value is -0.690. The molecule has 0 radical (unpaired) electrons. The molecule has 1 aromatic carbocycles. The molecule has 1 aromatic rings. The summed E-state index contributed by atoms with van der Waals surface area (Å²) in [4.78, 5) is 0. The van der Waals surface area contributed by atoms with Gasteiger partial charge in [-0.05, 0) is 18.2 Å². The van der Waals surface area contributed by atoms with Crippen molar-refractivity contribution in [1.29, 1.82) is 0 Å². The van der Waals surface area contributed by atoms with Crippen molar-refractivity contribution in [2.45, 2.75) is 0 Å². The number of hydrogen-bond donors (Lipinski definition) is 1. The number of hydrogen-bond acceptors (Lipinski definition) is 4. The van der Waals surface area contributed by atoms with Gasteiger partial charge in [-0.3, -0.25) is 5.48 Å². The van der Waals surface area contributed by atoms with Crippen molar-refractivity contribution >= 4 is 28.6 Å². The molecule has 1 unspecified atom stereocenters. The minimum absolute atomic E-state index is 0.120. The van der Waals surface area contributed by atoms with E-state index in [9.17, 15) is 13.2 Å². The van der Waals surface area contributed by atoms with Crippen LogP contribution in [0.3, 0.4) is 0 Å². The van der Waals surface area contributed by atoms with Gasteiger partial charge < -0.3 is 4.55 Å². The lowest BCUT2D eigenvalue weighted by atomic mass is 10.3. The van der Waals surface area contributed by atoms with E-state index < -0.39 is 17.2 Å². The molecule has 4 nitrogen and oxygen atoms in total. The fourth-order valence-corrected chi connectivity index (χ4v) is 0.987. The van der Waals surface area contributed by atoms with Gasteiger partial charge in [0.1, 0.15) is 17.2 Å².